The van der Waals surface area contributed by atoms with E-state index < -0.39 is 11.6 Å². The lowest BCUT2D eigenvalue weighted by molar-refractivity contribution is 0.102. The van der Waals surface area contributed by atoms with Gasteiger partial charge in [-0.15, -0.1) is 11.3 Å². The van der Waals surface area contributed by atoms with Crippen molar-refractivity contribution in [2.75, 3.05) is 19.5 Å². The number of thiazole rings is 1. The summed E-state index contributed by atoms with van der Waals surface area (Å²) in [5, 5.41) is 5.04. The molecule has 1 heterocycles. The van der Waals surface area contributed by atoms with Crippen molar-refractivity contribution >= 4 is 22.9 Å². The van der Waals surface area contributed by atoms with E-state index in [9.17, 15) is 13.6 Å². The van der Waals surface area contributed by atoms with Gasteiger partial charge in [0.25, 0.3) is 5.91 Å². The van der Waals surface area contributed by atoms with Gasteiger partial charge in [0, 0.05) is 22.6 Å². The molecule has 34 heavy (non-hydrogen) atoms. The Morgan fingerprint density at radius 1 is 1.00 bits per heavy atom. The highest BCUT2D eigenvalue weighted by Crippen LogP contribution is 2.31. The lowest BCUT2D eigenvalue weighted by Crippen LogP contribution is -2.13. The van der Waals surface area contributed by atoms with Crippen LogP contribution in [0.4, 0.5) is 14.5 Å². The highest BCUT2D eigenvalue weighted by molar-refractivity contribution is 7.13. The zero-order chi connectivity index (χ0) is 24.1. The first-order chi connectivity index (χ1) is 16.5. The van der Waals surface area contributed by atoms with Crippen LogP contribution in [0.1, 0.15) is 16.1 Å². The topological polar surface area (TPSA) is 69.7 Å². The number of hydrogen-bond acceptors (Lipinski definition) is 6. The Balaban J connectivity index is 1.46. The average molecular weight is 483 g/mol. The minimum absolute atomic E-state index is 0.118. The number of amides is 1. The monoisotopic (exact) mass is 482 g/mol. The summed E-state index contributed by atoms with van der Waals surface area (Å²) in [7, 11) is 3.05. The fraction of sp³-hybridized carbons (Fsp3) is 0.120. The van der Waals surface area contributed by atoms with Gasteiger partial charge in [-0.25, -0.2) is 13.8 Å². The second kappa shape index (κ2) is 10.3. The quantitative estimate of drug-likeness (QED) is 0.337. The summed E-state index contributed by atoms with van der Waals surface area (Å²) in [4.78, 5) is 17.1. The predicted molar refractivity (Wildman–Crippen MR) is 126 cm³/mol. The summed E-state index contributed by atoms with van der Waals surface area (Å²) in [5.41, 5.74) is 1.57. The summed E-state index contributed by atoms with van der Waals surface area (Å²) >= 11 is 1.30. The highest BCUT2D eigenvalue weighted by Gasteiger charge is 2.15. The van der Waals surface area contributed by atoms with Gasteiger partial charge in [0.2, 0.25) is 0 Å². The number of benzene rings is 3. The number of carbonyl (C=O) groups excluding carboxylic acids is 1. The zero-order valence-electron chi connectivity index (χ0n) is 18.3. The molecule has 0 bridgehead atoms. The van der Waals surface area contributed by atoms with Crippen LogP contribution >= 0.6 is 11.3 Å². The molecule has 0 saturated heterocycles. The summed E-state index contributed by atoms with van der Waals surface area (Å²) < 4.78 is 43.3. The number of rotatable bonds is 8. The smallest absolute Gasteiger partial charge is 0.275 e. The van der Waals surface area contributed by atoms with Crippen LogP contribution in [-0.4, -0.2) is 25.1 Å². The molecule has 0 aliphatic rings. The fourth-order valence-electron chi connectivity index (χ4n) is 3.13. The first-order valence-corrected chi connectivity index (χ1v) is 11.0. The maximum Gasteiger partial charge on any atom is 0.275 e. The van der Waals surface area contributed by atoms with Crippen LogP contribution in [0, 0.1) is 11.6 Å². The van der Waals surface area contributed by atoms with E-state index in [1.807, 2.05) is 6.07 Å². The Hall–Kier alpha value is -3.98. The van der Waals surface area contributed by atoms with E-state index >= 15 is 0 Å². The van der Waals surface area contributed by atoms with Crippen molar-refractivity contribution in [3.05, 3.63) is 88.9 Å². The van der Waals surface area contributed by atoms with Crippen molar-refractivity contribution in [2.24, 2.45) is 0 Å². The molecule has 9 heteroatoms. The zero-order valence-corrected chi connectivity index (χ0v) is 19.1. The number of halogens is 2. The second-order valence-electron chi connectivity index (χ2n) is 7.11. The SMILES string of the molecule is COc1ccc(NC(=O)c2csc(-c3cccc(OCc4cc(F)ccc4F)c3)n2)c(OC)c1. The number of ether oxygens (including phenoxy) is 3. The third kappa shape index (κ3) is 5.32. The van der Waals surface area contributed by atoms with Gasteiger partial charge < -0.3 is 19.5 Å². The maximum absolute atomic E-state index is 13.8. The standard InChI is InChI=1S/C25H20F2N2O4S/c1-31-18-7-9-21(23(12-18)32-2)28-24(30)22-14-34-25(29-22)15-4-3-5-19(11-15)33-13-16-10-17(26)6-8-20(16)27/h3-12,14H,13H2,1-2H3,(H,28,30). The first kappa shape index (κ1) is 23.2. The largest absolute Gasteiger partial charge is 0.497 e. The molecule has 1 N–H and O–H groups in total. The van der Waals surface area contributed by atoms with E-state index in [0.717, 1.165) is 23.8 Å². The third-order valence-corrected chi connectivity index (χ3v) is 5.77. The van der Waals surface area contributed by atoms with Gasteiger partial charge >= 0.3 is 0 Å². The van der Waals surface area contributed by atoms with Crippen LogP contribution in [0.5, 0.6) is 17.2 Å². The van der Waals surface area contributed by atoms with Gasteiger partial charge in [0.1, 0.15) is 46.2 Å². The number of nitrogens with one attached hydrogen (secondary N) is 1. The molecule has 1 amide bonds. The molecular formula is C25H20F2N2O4S. The van der Waals surface area contributed by atoms with Gasteiger partial charge in [-0.05, 0) is 42.5 Å². The van der Waals surface area contributed by atoms with Crippen molar-refractivity contribution in [1.29, 1.82) is 0 Å². The minimum Gasteiger partial charge on any atom is -0.497 e. The number of aromatic nitrogens is 1. The van der Waals surface area contributed by atoms with Crippen LogP contribution in [-0.2, 0) is 6.61 Å². The fourth-order valence-corrected chi connectivity index (χ4v) is 3.93. The van der Waals surface area contributed by atoms with Gasteiger partial charge in [-0.2, -0.15) is 0 Å². The van der Waals surface area contributed by atoms with Crippen LogP contribution in [0.15, 0.2) is 66.0 Å². The van der Waals surface area contributed by atoms with Crippen molar-refractivity contribution in [1.82, 2.24) is 4.98 Å². The summed E-state index contributed by atoms with van der Waals surface area (Å²) in [6.45, 7) is -0.123. The minimum atomic E-state index is -0.540. The Bertz CT molecular complexity index is 1330. The number of nitrogens with zero attached hydrogens (tertiary/aromatic N) is 1. The lowest BCUT2D eigenvalue weighted by Gasteiger charge is -2.10. The molecule has 0 fully saturated rings. The Kier molecular flexibility index (Phi) is 7.03. The van der Waals surface area contributed by atoms with Gasteiger partial charge in [-0.3, -0.25) is 4.79 Å². The molecule has 0 spiro atoms. The molecule has 6 nitrogen and oxygen atoms in total. The maximum atomic E-state index is 13.8. The molecule has 0 radical (unpaired) electrons. The van der Waals surface area contributed by atoms with Crippen LogP contribution < -0.4 is 19.5 Å². The van der Waals surface area contributed by atoms with Crippen LogP contribution in [0.25, 0.3) is 10.6 Å². The number of anilines is 1. The van der Waals surface area contributed by atoms with Crippen molar-refractivity contribution < 1.29 is 27.8 Å². The molecule has 4 rings (SSSR count). The van der Waals surface area contributed by atoms with Crippen LogP contribution in [0.2, 0.25) is 0 Å². The van der Waals surface area contributed by atoms with E-state index in [1.165, 1.54) is 18.4 Å². The molecule has 1 aromatic heterocycles. The van der Waals surface area contributed by atoms with Gasteiger partial charge in [0.05, 0.1) is 19.9 Å². The number of methoxy groups -OCH3 is 2. The number of carbonyl (C=O) groups is 1. The van der Waals surface area contributed by atoms with E-state index in [2.05, 4.69) is 10.3 Å². The second-order valence-corrected chi connectivity index (χ2v) is 7.97. The highest BCUT2D eigenvalue weighted by atomic mass is 32.1. The molecule has 4 aromatic rings. The van der Waals surface area contributed by atoms with E-state index in [4.69, 9.17) is 14.2 Å². The van der Waals surface area contributed by atoms with Gasteiger partial charge in [-0.1, -0.05) is 12.1 Å². The average Bonchev–Trinajstić information content (AvgIpc) is 3.36. The van der Waals surface area contributed by atoms with Crippen molar-refractivity contribution in [2.45, 2.75) is 6.61 Å². The molecule has 0 aliphatic carbocycles. The van der Waals surface area contributed by atoms with E-state index in [0.29, 0.717) is 27.9 Å². The summed E-state index contributed by atoms with van der Waals surface area (Å²) in [6, 6.07) is 15.3. The van der Waals surface area contributed by atoms with Gasteiger partial charge in [0.15, 0.2) is 0 Å². The summed E-state index contributed by atoms with van der Waals surface area (Å²) in [6.07, 6.45) is 0. The molecule has 0 saturated carbocycles. The lowest BCUT2D eigenvalue weighted by atomic mass is 10.2. The molecule has 3 aromatic carbocycles. The Morgan fingerprint density at radius 2 is 1.85 bits per heavy atom. The van der Waals surface area contributed by atoms with Crippen molar-refractivity contribution in [3.63, 3.8) is 0 Å². The molecule has 174 valence electrons. The molecule has 0 atom stereocenters. The summed E-state index contributed by atoms with van der Waals surface area (Å²) in [5.74, 6) is 0.0669. The number of hydrogen-bond donors (Lipinski definition) is 1. The predicted octanol–water partition coefficient (Wildman–Crippen LogP) is 5.94. The normalized spacial score (nSPS) is 10.6. The Labute approximate surface area is 198 Å². The van der Waals surface area contributed by atoms with Crippen molar-refractivity contribution in [3.8, 4) is 27.8 Å². The molecule has 0 unspecified atom stereocenters. The van der Waals surface area contributed by atoms with E-state index in [1.54, 1.807) is 48.9 Å². The third-order valence-electron chi connectivity index (χ3n) is 4.88. The first-order valence-electron chi connectivity index (χ1n) is 10.1. The molecule has 0 aliphatic heterocycles. The van der Waals surface area contributed by atoms with Crippen LogP contribution in [0.3, 0.4) is 0 Å². The van der Waals surface area contributed by atoms with E-state index in [-0.39, 0.29) is 23.8 Å². The molecular weight excluding hydrogens is 462 g/mol. The Morgan fingerprint density at radius 3 is 2.65 bits per heavy atom.